The third kappa shape index (κ3) is 8.10. The average Bonchev–Trinajstić information content (AvgIpc) is 2.77. The van der Waals surface area contributed by atoms with Gasteiger partial charge in [-0.2, -0.15) is 0 Å². The first-order valence-electron chi connectivity index (χ1n) is 9.85. The Kier molecular flexibility index (Phi) is 10.4. The SMILES string of the molecule is COCCOc1ccc(Br)cc1C(=O)NC(=S)NNC(=O)COc1ccccc1C(C)C. The molecular weight excluding hydrogens is 498 g/mol. The molecule has 2 aromatic carbocycles. The summed E-state index contributed by atoms with van der Waals surface area (Å²) >= 11 is 8.43. The first kappa shape index (κ1) is 25.6. The number of rotatable bonds is 9. The molecule has 0 fully saturated rings. The molecule has 3 N–H and O–H groups in total. The molecule has 0 spiro atoms. The molecule has 0 saturated carbocycles. The summed E-state index contributed by atoms with van der Waals surface area (Å²) in [5.41, 5.74) is 6.18. The van der Waals surface area contributed by atoms with Crippen LogP contribution in [0.15, 0.2) is 46.9 Å². The summed E-state index contributed by atoms with van der Waals surface area (Å²) in [6.45, 7) is 4.55. The van der Waals surface area contributed by atoms with Crippen LogP contribution in [-0.2, 0) is 9.53 Å². The van der Waals surface area contributed by atoms with Crippen molar-refractivity contribution in [3.8, 4) is 11.5 Å². The Hall–Kier alpha value is -2.69. The average molecular weight is 524 g/mol. The van der Waals surface area contributed by atoms with E-state index in [1.807, 2.05) is 38.1 Å². The summed E-state index contributed by atoms with van der Waals surface area (Å²) < 4.78 is 16.8. The number of para-hydroxylation sites is 1. The third-order valence-corrected chi connectivity index (χ3v) is 4.87. The van der Waals surface area contributed by atoms with Crippen LogP contribution in [0.1, 0.15) is 35.7 Å². The summed E-state index contributed by atoms with van der Waals surface area (Å²) in [7, 11) is 1.56. The van der Waals surface area contributed by atoms with Crippen molar-refractivity contribution in [2.45, 2.75) is 19.8 Å². The number of thiocarbonyl (C=S) groups is 1. The number of hydrazine groups is 1. The van der Waals surface area contributed by atoms with Crippen LogP contribution in [0.2, 0.25) is 0 Å². The van der Waals surface area contributed by atoms with Crippen molar-refractivity contribution in [3.63, 3.8) is 0 Å². The molecule has 0 atom stereocenters. The van der Waals surface area contributed by atoms with Gasteiger partial charge in [-0.25, -0.2) is 0 Å². The molecule has 2 amide bonds. The molecule has 0 aliphatic heterocycles. The lowest BCUT2D eigenvalue weighted by molar-refractivity contribution is -0.123. The van der Waals surface area contributed by atoms with Crippen LogP contribution in [0.5, 0.6) is 11.5 Å². The van der Waals surface area contributed by atoms with E-state index in [1.165, 1.54) is 0 Å². The van der Waals surface area contributed by atoms with Gasteiger partial charge in [-0.1, -0.05) is 48.0 Å². The summed E-state index contributed by atoms with van der Waals surface area (Å²) in [6.07, 6.45) is 0. The first-order chi connectivity index (χ1) is 15.3. The molecule has 0 aliphatic carbocycles. The van der Waals surface area contributed by atoms with Gasteiger partial charge in [0.1, 0.15) is 18.1 Å². The zero-order chi connectivity index (χ0) is 23.5. The number of nitrogens with one attached hydrogen (secondary N) is 3. The smallest absolute Gasteiger partial charge is 0.276 e. The number of hydrogen-bond donors (Lipinski definition) is 3. The topological polar surface area (TPSA) is 97.9 Å². The van der Waals surface area contributed by atoms with Gasteiger partial charge in [0.25, 0.3) is 11.8 Å². The fraction of sp³-hybridized carbons (Fsp3) is 0.318. The van der Waals surface area contributed by atoms with E-state index in [-0.39, 0.29) is 29.8 Å². The molecule has 2 rings (SSSR count). The second-order valence-corrected chi connectivity index (χ2v) is 8.24. The quantitative estimate of drug-likeness (QED) is 0.263. The van der Waals surface area contributed by atoms with Gasteiger partial charge in [0, 0.05) is 11.6 Å². The van der Waals surface area contributed by atoms with Crippen LogP contribution >= 0.6 is 28.1 Å². The molecule has 2 aromatic rings. The molecule has 0 aliphatic rings. The highest BCUT2D eigenvalue weighted by atomic mass is 79.9. The molecular formula is C22H26BrN3O5S. The lowest BCUT2D eigenvalue weighted by atomic mass is 10.0. The summed E-state index contributed by atoms with van der Waals surface area (Å²) in [5.74, 6) is 0.339. The van der Waals surface area contributed by atoms with Crippen LogP contribution in [0, 0.1) is 0 Å². The molecule has 10 heteroatoms. The molecule has 172 valence electrons. The van der Waals surface area contributed by atoms with Gasteiger partial charge in [0.2, 0.25) is 0 Å². The van der Waals surface area contributed by atoms with E-state index in [4.69, 9.17) is 26.4 Å². The Morgan fingerprint density at radius 3 is 2.50 bits per heavy atom. The van der Waals surface area contributed by atoms with Crippen molar-refractivity contribution in [1.82, 2.24) is 16.2 Å². The van der Waals surface area contributed by atoms with E-state index in [2.05, 4.69) is 32.1 Å². The Bertz CT molecular complexity index is 955. The summed E-state index contributed by atoms with van der Waals surface area (Å²) in [6, 6.07) is 12.6. The highest BCUT2D eigenvalue weighted by Gasteiger charge is 2.15. The molecule has 0 aromatic heterocycles. The zero-order valence-corrected chi connectivity index (χ0v) is 20.5. The summed E-state index contributed by atoms with van der Waals surface area (Å²) in [4.78, 5) is 24.7. The number of amides is 2. The predicted molar refractivity (Wildman–Crippen MR) is 129 cm³/mol. The number of hydrogen-bond acceptors (Lipinski definition) is 6. The number of ether oxygens (including phenoxy) is 3. The first-order valence-corrected chi connectivity index (χ1v) is 11.0. The van der Waals surface area contributed by atoms with E-state index >= 15 is 0 Å². The van der Waals surface area contributed by atoms with E-state index < -0.39 is 11.8 Å². The van der Waals surface area contributed by atoms with Crippen LogP contribution in [0.25, 0.3) is 0 Å². The summed E-state index contributed by atoms with van der Waals surface area (Å²) in [5, 5.41) is 2.43. The number of halogens is 1. The number of benzene rings is 2. The molecule has 0 saturated heterocycles. The second-order valence-electron chi connectivity index (χ2n) is 6.92. The van der Waals surface area contributed by atoms with Crippen molar-refractivity contribution in [2.24, 2.45) is 0 Å². The highest BCUT2D eigenvalue weighted by Crippen LogP contribution is 2.25. The largest absolute Gasteiger partial charge is 0.490 e. The number of carbonyl (C=O) groups is 2. The van der Waals surface area contributed by atoms with Gasteiger partial charge in [-0.3, -0.25) is 25.8 Å². The molecule has 32 heavy (non-hydrogen) atoms. The van der Waals surface area contributed by atoms with Crippen LogP contribution < -0.4 is 25.6 Å². The van der Waals surface area contributed by atoms with Crippen molar-refractivity contribution in [3.05, 3.63) is 58.1 Å². The van der Waals surface area contributed by atoms with Gasteiger partial charge in [0.15, 0.2) is 11.7 Å². The molecule has 0 radical (unpaired) electrons. The minimum absolute atomic E-state index is 0.0752. The molecule has 0 unspecified atom stereocenters. The van der Waals surface area contributed by atoms with Crippen molar-refractivity contribution >= 4 is 45.1 Å². The minimum atomic E-state index is -0.493. The molecule has 8 nitrogen and oxygen atoms in total. The monoisotopic (exact) mass is 523 g/mol. The van der Waals surface area contributed by atoms with Gasteiger partial charge >= 0.3 is 0 Å². The Balaban J connectivity index is 1.86. The van der Waals surface area contributed by atoms with Gasteiger partial charge in [-0.15, -0.1) is 0 Å². The highest BCUT2D eigenvalue weighted by molar-refractivity contribution is 9.10. The van der Waals surface area contributed by atoms with Gasteiger partial charge in [0.05, 0.1) is 12.2 Å². The Morgan fingerprint density at radius 1 is 1.03 bits per heavy atom. The fourth-order valence-electron chi connectivity index (χ4n) is 2.64. The van der Waals surface area contributed by atoms with Gasteiger partial charge < -0.3 is 14.2 Å². The minimum Gasteiger partial charge on any atom is -0.490 e. The number of methoxy groups -OCH3 is 1. The maximum Gasteiger partial charge on any atom is 0.276 e. The van der Waals surface area contributed by atoms with E-state index in [1.54, 1.807) is 25.3 Å². The van der Waals surface area contributed by atoms with Gasteiger partial charge in [-0.05, 0) is 48.0 Å². The van der Waals surface area contributed by atoms with Crippen molar-refractivity contribution in [1.29, 1.82) is 0 Å². The number of carbonyl (C=O) groups excluding carboxylic acids is 2. The normalized spacial score (nSPS) is 10.4. The van der Waals surface area contributed by atoms with Crippen molar-refractivity contribution < 1.29 is 23.8 Å². The Labute approximate surface area is 201 Å². The maximum atomic E-state index is 12.6. The van der Waals surface area contributed by atoms with E-state index in [0.29, 0.717) is 22.6 Å². The van der Waals surface area contributed by atoms with Crippen LogP contribution in [-0.4, -0.2) is 43.9 Å². The lowest BCUT2D eigenvalue weighted by Crippen LogP contribution is -2.49. The second kappa shape index (κ2) is 13.0. The van der Waals surface area contributed by atoms with Crippen LogP contribution in [0.4, 0.5) is 0 Å². The standard InChI is InChI=1S/C22H26BrN3O5S/c1-14(2)16-6-4-5-7-18(16)31-13-20(27)25-26-22(32)24-21(28)17-12-15(23)8-9-19(17)30-11-10-29-3/h4-9,12,14H,10-11,13H2,1-3H3,(H,25,27)(H2,24,26,28,32). The van der Waals surface area contributed by atoms with Crippen molar-refractivity contribution in [2.75, 3.05) is 26.9 Å². The van der Waals surface area contributed by atoms with Crippen LogP contribution in [0.3, 0.4) is 0 Å². The lowest BCUT2D eigenvalue weighted by Gasteiger charge is -2.15. The zero-order valence-electron chi connectivity index (χ0n) is 18.1. The predicted octanol–water partition coefficient (Wildman–Crippen LogP) is 3.31. The van der Waals surface area contributed by atoms with E-state index in [0.717, 1.165) is 5.56 Å². The maximum absolute atomic E-state index is 12.6. The van der Waals surface area contributed by atoms with E-state index in [9.17, 15) is 9.59 Å². The Morgan fingerprint density at radius 2 is 1.78 bits per heavy atom. The molecule has 0 heterocycles. The fourth-order valence-corrected chi connectivity index (χ4v) is 3.14. The third-order valence-electron chi connectivity index (χ3n) is 4.17. The molecule has 0 bridgehead atoms.